The van der Waals surface area contributed by atoms with E-state index in [1.54, 1.807) is 31.6 Å². The zero-order valence-electron chi connectivity index (χ0n) is 15.1. The zero-order valence-corrected chi connectivity index (χ0v) is 15.1. The molecule has 0 aliphatic rings. The van der Waals surface area contributed by atoms with Gasteiger partial charge in [0.2, 0.25) is 0 Å². The van der Waals surface area contributed by atoms with Crippen LogP contribution >= 0.6 is 0 Å². The molecule has 0 atom stereocenters. The highest BCUT2D eigenvalue weighted by atomic mass is 16.5. The summed E-state index contributed by atoms with van der Waals surface area (Å²) in [4.78, 5) is 16.1. The number of ether oxygens (including phenoxy) is 1. The summed E-state index contributed by atoms with van der Waals surface area (Å²) < 4.78 is 5.22. The highest BCUT2D eigenvalue weighted by Crippen LogP contribution is 2.13. The largest absolute Gasteiger partial charge is 0.497 e. The molecule has 0 spiro atoms. The number of pyridine rings is 1. The van der Waals surface area contributed by atoms with Gasteiger partial charge in [-0.2, -0.15) is 0 Å². The average Bonchev–Trinajstić information content (AvgIpc) is 2.73. The van der Waals surface area contributed by atoms with Gasteiger partial charge < -0.3 is 15.4 Å². The summed E-state index contributed by atoms with van der Waals surface area (Å²) in [6, 6.07) is 15.0. The quantitative estimate of drug-likeness (QED) is 0.639. The minimum atomic E-state index is -0.262. The smallest absolute Gasteiger partial charge is 0.272 e. The van der Waals surface area contributed by atoms with Gasteiger partial charge in [-0.15, -0.1) is 10.2 Å². The number of hydrogen-bond donors (Lipinski definition) is 2. The maximum atomic E-state index is 12.1. The van der Waals surface area contributed by atoms with E-state index in [-0.39, 0.29) is 11.6 Å². The van der Waals surface area contributed by atoms with Crippen LogP contribution in [0.3, 0.4) is 0 Å². The van der Waals surface area contributed by atoms with Gasteiger partial charge in [0.05, 0.1) is 7.11 Å². The minimum Gasteiger partial charge on any atom is -0.497 e. The summed E-state index contributed by atoms with van der Waals surface area (Å²) in [5, 5.41) is 14.1. The van der Waals surface area contributed by atoms with Crippen molar-refractivity contribution in [2.75, 3.05) is 19.0 Å². The van der Waals surface area contributed by atoms with Crippen molar-refractivity contribution in [3.63, 3.8) is 0 Å². The highest BCUT2D eigenvalue weighted by Gasteiger charge is 2.08. The van der Waals surface area contributed by atoms with Crippen LogP contribution in [0.5, 0.6) is 5.75 Å². The number of methoxy groups -OCH3 is 1. The Morgan fingerprint density at radius 2 is 1.89 bits per heavy atom. The van der Waals surface area contributed by atoms with Crippen LogP contribution in [0.25, 0.3) is 0 Å². The fourth-order valence-corrected chi connectivity index (χ4v) is 2.48. The van der Waals surface area contributed by atoms with Crippen LogP contribution in [0.2, 0.25) is 0 Å². The Kier molecular flexibility index (Phi) is 6.30. The van der Waals surface area contributed by atoms with E-state index in [1.807, 2.05) is 36.4 Å². The van der Waals surface area contributed by atoms with Crippen molar-refractivity contribution in [1.82, 2.24) is 20.5 Å². The lowest BCUT2D eigenvalue weighted by Gasteiger charge is -2.07. The molecule has 0 bridgehead atoms. The summed E-state index contributed by atoms with van der Waals surface area (Å²) in [5.74, 6) is 1.21. The van der Waals surface area contributed by atoms with Gasteiger partial charge in [-0.05, 0) is 53.9 Å². The second kappa shape index (κ2) is 9.28. The first kappa shape index (κ1) is 18.3. The van der Waals surface area contributed by atoms with Gasteiger partial charge in [0, 0.05) is 25.5 Å². The van der Waals surface area contributed by atoms with Gasteiger partial charge in [0.15, 0.2) is 5.69 Å². The number of benzene rings is 1. The van der Waals surface area contributed by atoms with Crippen molar-refractivity contribution in [3.05, 3.63) is 77.7 Å². The third-order valence-electron chi connectivity index (χ3n) is 3.95. The summed E-state index contributed by atoms with van der Waals surface area (Å²) in [5.41, 5.74) is 2.42. The molecule has 0 aliphatic carbocycles. The summed E-state index contributed by atoms with van der Waals surface area (Å²) in [7, 11) is 1.65. The second-order valence-corrected chi connectivity index (χ2v) is 5.87. The number of carbonyl (C=O) groups is 1. The molecule has 0 saturated carbocycles. The Morgan fingerprint density at radius 3 is 2.63 bits per heavy atom. The van der Waals surface area contributed by atoms with Crippen molar-refractivity contribution in [2.45, 2.75) is 13.0 Å². The van der Waals surface area contributed by atoms with E-state index in [0.717, 1.165) is 17.7 Å². The Bertz CT molecular complexity index is 869. The van der Waals surface area contributed by atoms with E-state index in [2.05, 4.69) is 25.8 Å². The fourth-order valence-electron chi connectivity index (χ4n) is 2.48. The monoisotopic (exact) mass is 363 g/mol. The SMILES string of the molecule is COc1cccc(CCNc2ccc(C(=O)NCc3ccncc3)nn2)c1. The van der Waals surface area contributed by atoms with Crippen molar-refractivity contribution in [3.8, 4) is 5.75 Å². The van der Waals surface area contributed by atoms with Gasteiger partial charge in [-0.3, -0.25) is 9.78 Å². The number of nitrogens with zero attached hydrogens (tertiary/aromatic N) is 3. The fraction of sp³-hybridized carbons (Fsp3) is 0.200. The first-order valence-corrected chi connectivity index (χ1v) is 8.62. The van der Waals surface area contributed by atoms with Crippen molar-refractivity contribution in [2.24, 2.45) is 0 Å². The molecule has 3 rings (SSSR count). The van der Waals surface area contributed by atoms with Gasteiger partial charge in [-0.1, -0.05) is 12.1 Å². The van der Waals surface area contributed by atoms with E-state index in [4.69, 9.17) is 4.74 Å². The molecule has 0 aliphatic heterocycles. The Balaban J connectivity index is 1.47. The molecule has 7 heteroatoms. The number of anilines is 1. The van der Waals surface area contributed by atoms with Crippen LogP contribution < -0.4 is 15.4 Å². The van der Waals surface area contributed by atoms with Gasteiger partial charge in [0.25, 0.3) is 5.91 Å². The lowest BCUT2D eigenvalue weighted by molar-refractivity contribution is 0.0945. The molecule has 2 aromatic heterocycles. The first-order valence-electron chi connectivity index (χ1n) is 8.62. The van der Waals surface area contributed by atoms with Crippen LogP contribution in [-0.2, 0) is 13.0 Å². The van der Waals surface area contributed by atoms with E-state index in [1.165, 1.54) is 5.56 Å². The number of aromatic nitrogens is 3. The third-order valence-corrected chi connectivity index (χ3v) is 3.95. The second-order valence-electron chi connectivity index (χ2n) is 5.87. The standard InChI is InChI=1S/C20H21N5O2/c1-27-17-4-2-3-15(13-17)9-12-22-19-6-5-18(24-25-19)20(26)23-14-16-7-10-21-11-8-16/h2-8,10-11,13H,9,12,14H2,1H3,(H,22,25)(H,23,26). The first-order chi connectivity index (χ1) is 13.2. The Hall–Kier alpha value is -3.48. The Labute approximate surface area is 157 Å². The predicted octanol–water partition coefficient (Wildman–Crippen LogP) is 2.46. The lowest BCUT2D eigenvalue weighted by atomic mass is 10.1. The average molecular weight is 363 g/mol. The van der Waals surface area contributed by atoms with Crippen molar-refractivity contribution in [1.29, 1.82) is 0 Å². The number of hydrogen-bond acceptors (Lipinski definition) is 6. The maximum absolute atomic E-state index is 12.1. The van der Waals surface area contributed by atoms with Crippen LogP contribution in [0, 0.1) is 0 Å². The van der Waals surface area contributed by atoms with E-state index in [9.17, 15) is 4.79 Å². The van der Waals surface area contributed by atoms with Crippen LogP contribution in [0.4, 0.5) is 5.82 Å². The topological polar surface area (TPSA) is 89.0 Å². The molecule has 138 valence electrons. The maximum Gasteiger partial charge on any atom is 0.272 e. The molecule has 0 fully saturated rings. The molecule has 0 radical (unpaired) electrons. The van der Waals surface area contributed by atoms with E-state index in [0.29, 0.717) is 18.9 Å². The number of amides is 1. The predicted molar refractivity (Wildman–Crippen MR) is 103 cm³/mol. The summed E-state index contributed by atoms with van der Waals surface area (Å²) >= 11 is 0. The van der Waals surface area contributed by atoms with Crippen molar-refractivity contribution >= 4 is 11.7 Å². The minimum absolute atomic E-state index is 0.262. The van der Waals surface area contributed by atoms with E-state index < -0.39 is 0 Å². The molecule has 0 saturated heterocycles. The molecule has 7 nitrogen and oxygen atoms in total. The van der Waals surface area contributed by atoms with Gasteiger partial charge in [-0.25, -0.2) is 0 Å². The van der Waals surface area contributed by atoms with Crippen LogP contribution in [0.15, 0.2) is 60.9 Å². The molecular formula is C20H21N5O2. The molecular weight excluding hydrogens is 342 g/mol. The molecule has 1 amide bonds. The molecule has 2 N–H and O–H groups in total. The number of rotatable bonds is 8. The van der Waals surface area contributed by atoms with Crippen LogP contribution in [0.1, 0.15) is 21.6 Å². The highest BCUT2D eigenvalue weighted by molar-refractivity contribution is 5.92. The van der Waals surface area contributed by atoms with Gasteiger partial charge >= 0.3 is 0 Å². The summed E-state index contributed by atoms with van der Waals surface area (Å²) in [6.45, 7) is 1.12. The normalized spacial score (nSPS) is 10.3. The summed E-state index contributed by atoms with van der Waals surface area (Å²) in [6.07, 6.45) is 4.20. The van der Waals surface area contributed by atoms with E-state index >= 15 is 0 Å². The molecule has 2 heterocycles. The van der Waals surface area contributed by atoms with Gasteiger partial charge in [0.1, 0.15) is 11.6 Å². The van der Waals surface area contributed by atoms with Crippen molar-refractivity contribution < 1.29 is 9.53 Å². The third kappa shape index (κ3) is 5.50. The lowest BCUT2D eigenvalue weighted by Crippen LogP contribution is -2.24. The zero-order chi connectivity index (χ0) is 18.9. The Morgan fingerprint density at radius 1 is 1.04 bits per heavy atom. The number of carbonyl (C=O) groups excluding carboxylic acids is 1. The van der Waals surface area contributed by atoms with Crippen LogP contribution in [-0.4, -0.2) is 34.7 Å². The molecule has 3 aromatic rings. The molecule has 27 heavy (non-hydrogen) atoms. The molecule has 1 aromatic carbocycles. The number of nitrogens with one attached hydrogen (secondary N) is 2. The molecule has 0 unspecified atom stereocenters.